The Morgan fingerprint density at radius 1 is 1.24 bits per heavy atom. The summed E-state index contributed by atoms with van der Waals surface area (Å²) >= 11 is 3.58. The molecule has 0 amide bonds. The number of rotatable bonds is 4. The molecule has 0 radical (unpaired) electrons. The zero-order valence-electron chi connectivity index (χ0n) is 14.7. The Labute approximate surface area is 157 Å². The van der Waals surface area contributed by atoms with Gasteiger partial charge in [0.15, 0.2) is 0 Å². The first-order valence-corrected chi connectivity index (χ1v) is 9.54. The molecular formula is C21H24BrNO2. The number of halogens is 1. The third-order valence-electron chi connectivity index (χ3n) is 5.05. The van der Waals surface area contributed by atoms with E-state index in [2.05, 4.69) is 71.1 Å². The Morgan fingerprint density at radius 3 is 2.72 bits per heavy atom. The van der Waals surface area contributed by atoms with Crippen LogP contribution >= 0.6 is 15.9 Å². The number of carboxylic acids is 1. The second kappa shape index (κ2) is 7.71. The predicted octanol–water partition coefficient (Wildman–Crippen LogP) is 4.95. The van der Waals surface area contributed by atoms with Crippen LogP contribution in [0.2, 0.25) is 0 Å². The third-order valence-corrected chi connectivity index (χ3v) is 5.54. The number of aliphatic carboxylic acids is 1. The van der Waals surface area contributed by atoms with Crippen LogP contribution in [0.15, 0.2) is 46.9 Å². The lowest BCUT2D eigenvalue weighted by atomic mass is 9.89. The molecule has 132 valence electrons. The molecule has 25 heavy (non-hydrogen) atoms. The summed E-state index contributed by atoms with van der Waals surface area (Å²) in [6, 6.07) is 15.0. The second-order valence-electron chi connectivity index (χ2n) is 6.99. The SMILES string of the molecule is Cc1ccc(C(c2cccc(Br)c2)N2CCCC(C(=O)O)C2)c(C)c1. The third kappa shape index (κ3) is 4.13. The molecule has 0 spiro atoms. The first-order chi connectivity index (χ1) is 12.0. The Morgan fingerprint density at radius 2 is 2.04 bits per heavy atom. The normalized spacial score (nSPS) is 19.6. The average Bonchev–Trinajstić information content (AvgIpc) is 2.57. The smallest absolute Gasteiger partial charge is 0.307 e. The van der Waals surface area contributed by atoms with Crippen molar-refractivity contribution in [2.24, 2.45) is 5.92 Å². The van der Waals surface area contributed by atoms with E-state index < -0.39 is 5.97 Å². The number of carbonyl (C=O) groups is 1. The summed E-state index contributed by atoms with van der Waals surface area (Å²) in [5, 5.41) is 9.48. The van der Waals surface area contributed by atoms with E-state index in [1.54, 1.807) is 0 Å². The standard InChI is InChI=1S/C21H24BrNO2/c1-14-8-9-19(15(2)11-14)20(16-5-3-7-18(22)12-16)23-10-4-6-17(13-23)21(24)25/h3,5,7-9,11-12,17,20H,4,6,10,13H2,1-2H3,(H,24,25). The number of piperidine rings is 1. The fraction of sp³-hybridized carbons (Fsp3) is 0.381. The molecule has 3 rings (SSSR count). The highest BCUT2D eigenvalue weighted by molar-refractivity contribution is 9.10. The number of hydrogen-bond donors (Lipinski definition) is 1. The highest BCUT2D eigenvalue weighted by atomic mass is 79.9. The van der Waals surface area contributed by atoms with Crippen molar-refractivity contribution in [3.05, 3.63) is 69.2 Å². The molecule has 4 heteroatoms. The van der Waals surface area contributed by atoms with E-state index in [0.717, 1.165) is 23.9 Å². The zero-order chi connectivity index (χ0) is 18.0. The predicted molar refractivity (Wildman–Crippen MR) is 104 cm³/mol. The van der Waals surface area contributed by atoms with Crippen LogP contribution in [0.5, 0.6) is 0 Å². The van der Waals surface area contributed by atoms with Gasteiger partial charge in [-0.1, -0.05) is 51.8 Å². The Bertz CT molecular complexity index is 774. The van der Waals surface area contributed by atoms with Crippen molar-refractivity contribution in [2.45, 2.75) is 32.7 Å². The van der Waals surface area contributed by atoms with Crippen molar-refractivity contribution in [1.82, 2.24) is 4.90 Å². The van der Waals surface area contributed by atoms with Gasteiger partial charge in [0.1, 0.15) is 0 Å². The minimum atomic E-state index is -0.682. The highest BCUT2D eigenvalue weighted by Crippen LogP contribution is 2.35. The molecule has 2 atom stereocenters. The van der Waals surface area contributed by atoms with Crippen molar-refractivity contribution in [2.75, 3.05) is 13.1 Å². The molecular weight excluding hydrogens is 378 g/mol. The molecule has 2 aromatic rings. The number of hydrogen-bond acceptors (Lipinski definition) is 2. The fourth-order valence-electron chi connectivity index (χ4n) is 3.84. The Hall–Kier alpha value is -1.65. The van der Waals surface area contributed by atoms with Crippen molar-refractivity contribution in [3.63, 3.8) is 0 Å². The van der Waals surface area contributed by atoms with Crippen LogP contribution in [-0.4, -0.2) is 29.1 Å². The minimum Gasteiger partial charge on any atom is -0.481 e. The van der Waals surface area contributed by atoms with Crippen LogP contribution in [0.3, 0.4) is 0 Å². The van der Waals surface area contributed by atoms with Gasteiger partial charge >= 0.3 is 5.97 Å². The van der Waals surface area contributed by atoms with Gasteiger partial charge < -0.3 is 5.11 Å². The van der Waals surface area contributed by atoms with Gasteiger partial charge in [-0.15, -0.1) is 0 Å². The molecule has 1 aliphatic rings. The molecule has 0 aliphatic carbocycles. The topological polar surface area (TPSA) is 40.5 Å². The highest BCUT2D eigenvalue weighted by Gasteiger charge is 2.31. The first-order valence-electron chi connectivity index (χ1n) is 8.75. The van der Waals surface area contributed by atoms with Crippen LogP contribution < -0.4 is 0 Å². The maximum atomic E-state index is 11.5. The maximum Gasteiger partial charge on any atom is 0.307 e. The van der Waals surface area contributed by atoms with Crippen LogP contribution in [0.4, 0.5) is 0 Å². The lowest BCUT2D eigenvalue weighted by Gasteiger charge is -2.38. The molecule has 0 aromatic heterocycles. The van der Waals surface area contributed by atoms with E-state index in [0.29, 0.717) is 6.54 Å². The fourth-order valence-corrected chi connectivity index (χ4v) is 4.26. The lowest BCUT2D eigenvalue weighted by Crippen LogP contribution is -2.41. The quantitative estimate of drug-likeness (QED) is 0.787. The summed E-state index contributed by atoms with van der Waals surface area (Å²) in [4.78, 5) is 13.9. The summed E-state index contributed by atoms with van der Waals surface area (Å²) < 4.78 is 1.05. The molecule has 3 nitrogen and oxygen atoms in total. The van der Waals surface area contributed by atoms with Gasteiger partial charge in [0.2, 0.25) is 0 Å². The summed E-state index contributed by atoms with van der Waals surface area (Å²) in [6.45, 7) is 5.77. The van der Waals surface area contributed by atoms with E-state index in [9.17, 15) is 9.90 Å². The number of carboxylic acid groups (broad SMARTS) is 1. The van der Waals surface area contributed by atoms with Crippen LogP contribution in [0.25, 0.3) is 0 Å². The van der Waals surface area contributed by atoms with Gasteiger partial charge in [-0.05, 0) is 62.1 Å². The Balaban J connectivity index is 2.04. The van der Waals surface area contributed by atoms with Crippen LogP contribution in [0.1, 0.15) is 41.1 Å². The van der Waals surface area contributed by atoms with E-state index in [1.807, 2.05) is 6.07 Å². The molecule has 1 heterocycles. The Kier molecular flexibility index (Phi) is 5.60. The molecule has 0 saturated carbocycles. The molecule has 1 saturated heterocycles. The number of benzene rings is 2. The van der Waals surface area contributed by atoms with E-state index in [-0.39, 0.29) is 12.0 Å². The molecule has 2 unspecified atom stereocenters. The van der Waals surface area contributed by atoms with Crippen molar-refractivity contribution in [1.29, 1.82) is 0 Å². The van der Waals surface area contributed by atoms with Gasteiger partial charge in [-0.2, -0.15) is 0 Å². The van der Waals surface area contributed by atoms with Gasteiger partial charge in [0.25, 0.3) is 0 Å². The van der Waals surface area contributed by atoms with Gasteiger partial charge in [0, 0.05) is 11.0 Å². The maximum absolute atomic E-state index is 11.5. The van der Waals surface area contributed by atoms with Crippen molar-refractivity contribution < 1.29 is 9.90 Å². The molecule has 1 N–H and O–H groups in total. The molecule has 1 aliphatic heterocycles. The van der Waals surface area contributed by atoms with E-state index >= 15 is 0 Å². The average molecular weight is 402 g/mol. The number of nitrogens with zero attached hydrogens (tertiary/aromatic N) is 1. The van der Waals surface area contributed by atoms with Gasteiger partial charge in [0.05, 0.1) is 12.0 Å². The summed E-state index contributed by atoms with van der Waals surface area (Å²) in [5.41, 5.74) is 4.96. The summed E-state index contributed by atoms with van der Waals surface area (Å²) in [7, 11) is 0. The number of aryl methyl sites for hydroxylation is 2. The number of likely N-dealkylation sites (tertiary alicyclic amines) is 1. The second-order valence-corrected chi connectivity index (χ2v) is 7.91. The van der Waals surface area contributed by atoms with E-state index in [4.69, 9.17) is 0 Å². The summed E-state index contributed by atoms with van der Waals surface area (Å²) in [6.07, 6.45) is 1.69. The first kappa shape index (κ1) is 18.2. The largest absolute Gasteiger partial charge is 0.481 e. The van der Waals surface area contributed by atoms with Gasteiger partial charge in [-0.25, -0.2) is 0 Å². The minimum absolute atomic E-state index is 0.0836. The molecule has 1 fully saturated rings. The van der Waals surface area contributed by atoms with Crippen molar-refractivity contribution in [3.8, 4) is 0 Å². The molecule has 2 aromatic carbocycles. The van der Waals surface area contributed by atoms with E-state index in [1.165, 1.54) is 22.3 Å². The monoisotopic (exact) mass is 401 g/mol. The zero-order valence-corrected chi connectivity index (χ0v) is 16.3. The van der Waals surface area contributed by atoms with Gasteiger partial charge in [-0.3, -0.25) is 9.69 Å². The van der Waals surface area contributed by atoms with Crippen LogP contribution in [-0.2, 0) is 4.79 Å². The summed E-state index contributed by atoms with van der Waals surface area (Å²) in [5.74, 6) is -0.965. The molecule has 0 bridgehead atoms. The van der Waals surface area contributed by atoms with Crippen molar-refractivity contribution >= 4 is 21.9 Å². The lowest BCUT2D eigenvalue weighted by molar-refractivity contribution is -0.143. The van der Waals surface area contributed by atoms with Crippen LogP contribution in [0, 0.1) is 19.8 Å².